The standard InChI is InChI=1S/C15H22N2O2/c1-11(13-5-3-4-6-14(13)18)17(2)15(19)9-12-7-8-16-10-12/h3-6,11-12,16,18H,7-10H2,1-2H3. The third-order valence-corrected chi connectivity index (χ3v) is 3.99. The Bertz CT molecular complexity index is 442. The molecular formula is C15H22N2O2. The van der Waals surface area contributed by atoms with Gasteiger partial charge >= 0.3 is 0 Å². The molecule has 1 fully saturated rings. The van der Waals surface area contributed by atoms with E-state index >= 15 is 0 Å². The Morgan fingerprint density at radius 3 is 2.89 bits per heavy atom. The van der Waals surface area contributed by atoms with Gasteiger partial charge in [0.05, 0.1) is 6.04 Å². The first-order chi connectivity index (χ1) is 9.09. The Labute approximate surface area is 114 Å². The van der Waals surface area contributed by atoms with Crippen LogP contribution in [0.4, 0.5) is 0 Å². The number of carbonyl (C=O) groups excluding carboxylic acids is 1. The van der Waals surface area contributed by atoms with Crippen LogP contribution in [-0.4, -0.2) is 36.1 Å². The molecule has 0 saturated carbocycles. The molecule has 2 unspecified atom stereocenters. The average Bonchev–Trinajstić information content (AvgIpc) is 2.90. The number of nitrogens with zero attached hydrogens (tertiary/aromatic N) is 1. The zero-order valence-electron chi connectivity index (χ0n) is 11.6. The minimum atomic E-state index is -0.108. The minimum absolute atomic E-state index is 0.108. The normalized spacial score (nSPS) is 20.2. The van der Waals surface area contributed by atoms with E-state index in [4.69, 9.17) is 0 Å². The maximum Gasteiger partial charge on any atom is 0.223 e. The molecule has 1 saturated heterocycles. The van der Waals surface area contributed by atoms with Crippen LogP contribution in [0.5, 0.6) is 5.75 Å². The topological polar surface area (TPSA) is 52.6 Å². The summed E-state index contributed by atoms with van der Waals surface area (Å²) < 4.78 is 0. The Morgan fingerprint density at radius 2 is 2.26 bits per heavy atom. The maximum atomic E-state index is 12.2. The number of para-hydroxylation sites is 1. The van der Waals surface area contributed by atoms with Gasteiger partial charge in [-0.2, -0.15) is 0 Å². The van der Waals surface area contributed by atoms with E-state index < -0.39 is 0 Å². The number of phenolic OH excluding ortho intramolecular Hbond substituents is 1. The van der Waals surface area contributed by atoms with Crippen LogP contribution in [0.25, 0.3) is 0 Å². The molecule has 104 valence electrons. The number of hydrogen-bond acceptors (Lipinski definition) is 3. The molecule has 1 aromatic carbocycles. The van der Waals surface area contributed by atoms with Crippen molar-refractivity contribution in [2.75, 3.05) is 20.1 Å². The van der Waals surface area contributed by atoms with Gasteiger partial charge < -0.3 is 15.3 Å². The average molecular weight is 262 g/mol. The largest absolute Gasteiger partial charge is 0.508 e. The van der Waals surface area contributed by atoms with E-state index in [9.17, 15) is 9.90 Å². The number of nitrogens with one attached hydrogen (secondary N) is 1. The molecule has 1 aliphatic rings. The summed E-state index contributed by atoms with van der Waals surface area (Å²) in [7, 11) is 1.81. The molecule has 0 spiro atoms. The Hall–Kier alpha value is -1.55. The number of rotatable bonds is 4. The third kappa shape index (κ3) is 3.26. The number of phenols is 1. The molecule has 1 amide bonds. The molecule has 1 aliphatic heterocycles. The van der Waals surface area contributed by atoms with Gasteiger partial charge in [-0.1, -0.05) is 18.2 Å². The number of hydrogen-bond donors (Lipinski definition) is 2. The van der Waals surface area contributed by atoms with Gasteiger partial charge in [0.15, 0.2) is 0 Å². The summed E-state index contributed by atoms with van der Waals surface area (Å²) in [5.41, 5.74) is 0.794. The van der Waals surface area contributed by atoms with Crippen LogP contribution >= 0.6 is 0 Å². The van der Waals surface area contributed by atoms with Gasteiger partial charge in [0.2, 0.25) is 5.91 Å². The van der Waals surface area contributed by atoms with Crippen molar-refractivity contribution < 1.29 is 9.90 Å². The number of aromatic hydroxyl groups is 1. The lowest BCUT2D eigenvalue weighted by molar-refractivity contribution is -0.132. The van der Waals surface area contributed by atoms with Crippen LogP contribution in [0.15, 0.2) is 24.3 Å². The van der Waals surface area contributed by atoms with Crippen molar-refractivity contribution in [3.05, 3.63) is 29.8 Å². The fourth-order valence-electron chi connectivity index (χ4n) is 2.55. The predicted octanol–water partition coefficient (Wildman–Crippen LogP) is 1.91. The summed E-state index contributed by atoms with van der Waals surface area (Å²) >= 11 is 0. The van der Waals surface area contributed by atoms with Crippen molar-refractivity contribution >= 4 is 5.91 Å². The second-order valence-corrected chi connectivity index (χ2v) is 5.30. The lowest BCUT2D eigenvalue weighted by atomic mass is 10.0. The molecule has 4 heteroatoms. The van der Waals surface area contributed by atoms with Crippen LogP contribution in [0.3, 0.4) is 0 Å². The lowest BCUT2D eigenvalue weighted by Crippen LogP contribution is -2.31. The van der Waals surface area contributed by atoms with Crippen molar-refractivity contribution in [1.82, 2.24) is 10.2 Å². The fourth-order valence-corrected chi connectivity index (χ4v) is 2.55. The van der Waals surface area contributed by atoms with E-state index in [1.807, 2.05) is 26.1 Å². The van der Waals surface area contributed by atoms with Crippen LogP contribution in [-0.2, 0) is 4.79 Å². The molecule has 2 N–H and O–H groups in total. The first-order valence-electron chi connectivity index (χ1n) is 6.84. The number of carbonyl (C=O) groups is 1. The molecule has 2 rings (SSSR count). The molecule has 19 heavy (non-hydrogen) atoms. The summed E-state index contributed by atoms with van der Waals surface area (Å²) in [6.07, 6.45) is 1.66. The quantitative estimate of drug-likeness (QED) is 0.871. The van der Waals surface area contributed by atoms with Gasteiger partial charge in [0.1, 0.15) is 5.75 Å². The summed E-state index contributed by atoms with van der Waals surface area (Å²) in [6, 6.07) is 7.08. The molecule has 0 aromatic heterocycles. The zero-order chi connectivity index (χ0) is 13.8. The van der Waals surface area contributed by atoms with Crippen molar-refractivity contribution in [3.8, 4) is 5.75 Å². The van der Waals surface area contributed by atoms with Gasteiger partial charge in [-0.3, -0.25) is 4.79 Å². The van der Waals surface area contributed by atoms with Gasteiger partial charge in [-0.25, -0.2) is 0 Å². The van der Waals surface area contributed by atoms with Gasteiger partial charge in [0.25, 0.3) is 0 Å². The highest BCUT2D eigenvalue weighted by atomic mass is 16.3. The second kappa shape index (κ2) is 6.06. The highest BCUT2D eigenvalue weighted by Gasteiger charge is 2.24. The monoisotopic (exact) mass is 262 g/mol. The van der Waals surface area contributed by atoms with E-state index in [1.54, 1.807) is 17.0 Å². The molecule has 4 nitrogen and oxygen atoms in total. The van der Waals surface area contributed by atoms with Crippen molar-refractivity contribution in [2.24, 2.45) is 5.92 Å². The zero-order valence-corrected chi connectivity index (χ0v) is 11.6. The number of benzene rings is 1. The van der Waals surface area contributed by atoms with E-state index in [1.165, 1.54) is 0 Å². The van der Waals surface area contributed by atoms with Crippen molar-refractivity contribution in [2.45, 2.75) is 25.8 Å². The van der Waals surface area contributed by atoms with Crippen molar-refractivity contribution in [3.63, 3.8) is 0 Å². The minimum Gasteiger partial charge on any atom is -0.508 e. The Kier molecular flexibility index (Phi) is 4.43. The molecule has 0 bridgehead atoms. The summed E-state index contributed by atoms with van der Waals surface area (Å²) in [4.78, 5) is 14.0. The molecule has 1 aromatic rings. The van der Waals surface area contributed by atoms with Crippen LogP contribution in [0, 0.1) is 5.92 Å². The lowest BCUT2D eigenvalue weighted by Gasteiger charge is -2.27. The van der Waals surface area contributed by atoms with Crippen LogP contribution in [0.2, 0.25) is 0 Å². The molecule has 0 radical (unpaired) electrons. The van der Waals surface area contributed by atoms with Crippen molar-refractivity contribution in [1.29, 1.82) is 0 Å². The van der Waals surface area contributed by atoms with Crippen LogP contribution < -0.4 is 5.32 Å². The molecular weight excluding hydrogens is 240 g/mol. The third-order valence-electron chi connectivity index (χ3n) is 3.99. The summed E-state index contributed by atoms with van der Waals surface area (Å²) in [6.45, 7) is 3.89. The fraction of sp³-hybridized carbons (Fsp3) is 0.533. The molecule has 1 heterocycles. The van der Waals surface area contributed by atoms with E-state index in [2.05, 4.69) is 5.32 Å². The first kappa shape index (κ1) is 13.9. The second-order valence-electron chi connectivity index (χ2n) is 5.30. The highest BCUT2D eigenvalue weighted by molar-refractivity contribution is 5.76. The summed E-state index contributed by atoms with van der Waals surface area (Å²) in [5, 5.41) is 13.1. The smallest absolute Gasteiger partial charge is 0.223 e. The van der Waals surface area contributed by atoms with Crippen LogP contribution in [0.1, 0.15) is 31.4 Å². The van der Waals surface area contributed by atoms with Gasteiger partial charge in [0, 0.05) is 19.0 Å². The highest BCUT2D eigenvalue weighted by Crippen LogP contribution is 2.28. The Morgan fingerprint density at radius 1 is 1.53 bits per heavy atom. The Balaban J connectivity index is 2.00. The molecule has 0 aliphatic carbocycles. The molecule has 2 atom stereocenters. The van der Waals surface area contributed by atoms with E-state index in [0.717, 1.165) is 25.1 Å². The van der Waals surface area contributed by atoms with Gasteiger partial charge in [-0.05, 0) is 38.4 Å². The predicted molar refractivity (Wildman–Crippen MR) is 74.9 cm³/mol. The first-order valence-corrected chi connectivity index (χ1v) is 6.84. The SMILES string of the molecule is CC(c1ccccc1O)N(C)C(=O)CC1CCNC1. The summed E-state index contributed by atoms with van der Waals surface area (Å²) in [5.74, 6) is 0.841. The maximum absolute atomic E-state index is 12.2. The van der Waals surface area contributed by atoms with E-state index in [-0.39, 0.29) is 17.7 Å². The number of amides is 1. The van der Waals surface area contributed by atoms with Gasteiger partial charge in [-0.15, -0.1) is 0 Å². The van der Waals surface area contributed by atoms with E-state index in [0.29, 0.717) is 12.3 Å².